The van der Waals surface area contributed by atoms with Gasteiger partial charge in [-0.05, 0) is 11.6 Å². The van der Waals surface area contributed by atoms with E-state index in [-0.39, 0.29) is 0 Å². The molecule has 0 spiro atoms. The molecule has 18 heavy (non-hydrogen) atoms. The molecule has 0 radical (unpaired) electrons. The molecule has 0 bridgehead atoms. The molecule has 3 nitrogen and oxygen atoms in total. The molecule has 0 aliphatic rings. The molecule has 0 aliphatic carbocycles. The standard InChI is InChI=1S/C13H10F2N2O/c14-11(8-18)5-9-1-3-10(4-2-9)13-16-6-12(15)7-17-13/h1-7,18H,8H2. The summed E-state index contributed by atoms with van der Waals surface area (Å²) in [5, 5.41) is 8.56. The summed E-state index contributed by atoms with van der Waals surface area (Å²) in [6, 6.07) is 6.72. The Bertz CT molecular complexity index is 550. The summed E-state index contributed by atoms with van der Waals surface area (Å²) in [5.41, 5.74) is 1.32. The van der Waals surface area contributed by atoms with Gasteiger partial charge in [-0.1, -0.05) is 24.3 Å². The van der Waals surface area contributed by atoms with Crippen molar-refractivity contribution in [3.05, 3.63) is 53.9 Å². The van der Waals surface area contributed by atoms with E-state index < -0.39 is 18.3 Å². The van der Waals surface area contributed by atoms with Crippen LogP contribution in [0.25, 0.3) is 17.5 Å². The molecular formula is C13H10F2N2O. The first-order chi connectivity index (χ1) is 8.69. The average molecular weight is 248 g/mol. The van der Waals surface area contributed by atoms with Crippen molar-refractivity contribution in [1.29, 1.82) is 0 Å². The van der Waals surface area contributed by atoms with E-state index in [1.807, 2.05) is 0 Å². The van der Waals surface area contributed by atoms with Crippen LogP contribution in [0.1, 0.15) is 5.56 Å². The van der Waals surface area contributed by atoms with Crippen molar-refractivity contribution in [3.63, 3.8) is 0 Å². The van der Waals surface area contributed by atoms with E-state index >= 15 is 0 Å². The number of benzene rings is 1. The molecule has 92 valence electrons. The van der Waals surface area contributed by atoms with Crippen molar-refractivity contribution < 1.29 is 13.9 Å². The number of aliphatic hydroxyl groups is 1. The Balaban J connectivity index is 2.25. The predicted octanol–water partition coefficient (Wildman–Crippen LogP) is 2.59. The van der Waals surface area contributed by atoms with E-state index in [0.29, 0.717) is 17.0 Å². The molecule has 0 saturated carbocycles. The van der Waals surface area contributed by atoms with Crippen molar-refractivity contribution in [2.75, 3.05) is 6.61 Å². The number of hydrogen-bond acceptors (Lipinski definition) is 3. The van der Waals surface area contributed by atoms with Crippen LogP contribution < -0.4 is 0 Å². The molecule has 0 saturated heterocycles. The van der Waals surface area contributed by atoms with E-state index in [4.69, 9.17) is 5.11 Å². The summed E-state index contributed by atoms with van der Waals surface area (Å²) >= 11 is 0. The Kier molecular flexibility index (Phi) is 3.74. The maximum atomic E-state index is 12.8. The fourth-order valence-electron chi connectivity index (χ4n) is 1.42. The van der Waals surface area contributed by atoms with Gasteiger partial charge in [0.15, 0.2) is 11.6 Å². The number of halogens is 2. The highest BCUT2D eigenvalue weighted by Gasteiger charge is 2.01. The third kappa shape index (κ3) is 2.95. The molecule has 0 amide bonds. The SMILES string of the molecule is OCC(F)=Cc1ccc(-c2ncc(F)cn2)cc1. The maximum absolute atomic E-state index is 12.8. The fourth-order valence-corrected chi connectivity index (χ4v) is 1.42. The van der Waals surface area contributed by atoms with Gasteiger partial charge in [-0.15, -0.1) is 0 Å². The van der Waals surface area contributed by atoms with Crippen LogP contribution in [0.3, 0.4) is 0 Å². The number of hydrogen-bond donors (Lipinski definition) is 1. The van der Waals surface area contributed by atoms with Crippen LogP contribution in [-0.4, -0.2) is 21.7 Å². The monoisotopic (exact) mass is 248 g/mol. The van der Waals surface area contributed by atoms with Crippen LogP contribution in [-0.2, 0) is 0 Å². The second-order valence-corrected chi connectivity index (χ2v) is 3.60. The van der Waals surface area contributed by atoms with Gasteiger partial charge < -0.3 is 5.11 Å². The summed E-state index contributed by atoms with van der Waals surface area (Å²) in [7, 11) is 0. The van der Waals surface area contributed by atoms with Crippen molar-refractivity contribution in [2.45, 2.75) is 0 Å². The van der Waals surface area contributed by atoms with Crippen LogP contribution in [0.2, 0.25) is 0 Å². The predicted molar refractivity (Wildman–Crippen MR) is 63.6 cm³/mol. The minimum Gasteiger partial charge on any atom is -0.389 e. The Labute approximate surface area is 102 Å². The van der Waals surface area contributed by atoms with Gasteiger partial charge in [0, 0.05) is 5.56 Å². The second-order valence-electron chi connectivity index (χ2n) is 3.60. The highest BCUT2D eigenvalue weighted by Crippen LogP contribution is 2.16. The summed E-state index contributed by atoms with van der Waals surface area (Å²) in [6.45, 7) is -0.622. The molecule has 5 heteroatoms. The fraction of sp³-hybridized carbons (Fsp3) is 0.0769. The molecule has 2 rings (SSSR count). The Morgan fingerprint density at radius 2 is 1.78 bits per heavy atom. The highest BCUT2D eigenvalue weighted by atomic mass is 19.1. The summed E-state index contributed by atoms with van der Waals surface area (Å²) < 4.78 is 25.5. The van der Waals surface area contributed by atoms with Gasteiger partial charge in [-0.25, -0.2) is 18.7 Å². The summed E-state index contributed by atoms with van der Waals surface area (Å²) in [5.74, 6) is -0.710. The quantitative estimate of drug-likeness (QED) is 0.908. The van der Waals surface area contributed by atoms with E-state index in [2.05, 4.69) is 9.97 Å². The topological polar surface area (TPSA) is 46.0 Å². The molecule has 1 heterocycles. The Hall–Kier alpha value is -2.14. The normalized spacial score (nSPS) is 11.6. The lowest BCUT2D eigenvalue weighted by Crippen LogP contribution is -1.89. The third-order valence-corrected chi connectivity index (χ3v) is 2.26. The van der Waals surface area contributed by atoms with E-state index in [0.717, 1.165) is 12.4 Å². The number of aromatic nitrogens is 2. The largest absolute Gasteiger partial charge is 0.389 e. The van der Waals surface area contributed by atoms with E-state index in [1.165, 1.54) is 6.08 Å². The van der Waals surface area contributed by atoms with Crippen LogP contribution in [0, 0.1) is 5.82 Å². The molecule has 1 aromatic heterocycles. The van der Waals surface area contributed by atoms with Crippen LogP contribution in [0.5, 0.6) is 0 Å². The molecule has 0 atom stereocenters. The van der Waals surface area contributed by atoms with Gasteiger partial charge in [0.1, 0.15) is 5.83 Å². The zero-order chi connectivity index (χ0) is 13.0. The molecule has 2 aromatic rings. The maximum Gasteiger partial charge on any atom is 0.159 e. The molecule has 0 unspecified atom stereocenters. The minimum absolute atomic E-state index is 0.398. The molecule has 0 aliphatic heterocycles. The molecule has 1 aromatic carbocycles. The Morgan fingerprint density at radius 3 is 2.33 bits per heavy atom. The lowest BCUT2D eigenvalue weighted by molar-refractivity contribution is 0.300. The zero-order valence-corrected chi connectivity index (χ0v) is 9.35. The van der Waals surface area contributed by atoms with Crippen LogP contribution in [0.4, 0.5) is 8.78 Å². The molecular weight excluding hydrogens is 238 g/mol. The lowest BCUT2D eigenvalue weighted by Gasteiger charge is -2.00. The van der Waals surface area contributed by atoms with Crippen molar-refractivity contribution in [1.82, 2.24) is 9.97 Å². The summed E-state index contributed by atoms with van der Waals surface area (Å²) in [6.07, 6.45) is 3.40. The van der Waals surface area contributed by atoms with Gasteiger partial charge in [-0.3, -0.25) is 0 Å². The lowest BCUT2D eigenvalue weighted by atomic mass is 10.1. The van der Waals surface area contributed by atoms with Gasteiger partial charge >= 0.3 is 0 Å². The van der Waals surface area contributed by atoms with Crippen molar-refractivity contribution >= 4 is 6.08 Å². The van der Waals surface area contributed by atoms with Crippen molar-refractivity contribution in [3.8, 4) is 11.4 Å². The van der Waals surface area contributed by atoms with Gasteiger partial charge in [0.2, 0.25) is 0 Å². The zero-order valence-electron chi connectivity index (χ0n) is 9.35. The first-order valence-corrected chi connectivity index (χ1v) is 5.24. The number of aliphatic hydroxyl groups excluding tert-OH is 1. The van der Waals surface area contributed by atoms with Gasteiger partial charge in [-0.2, -0.15) is 0 Å². The number of nitrogens with zero attached hydrogens (tertiary/aromatic N) is 2. The van der Waals surface area contributed by atoms with E-state index in [9.17, 15) is 8.78 Å². The third-order valence-electron chi connectivity index (χ3n) is 2.26. The van der Waals surface area contributed by atoms with Gasteiger partial charge in [0.05, 0.1) is 19.0 Å². The highest BCUT2D eigenvalue weighted by molar-refractivity contribution is 5.60. The molecule has 0 fully saturated rings. The average Bonchev–Trinajstić information content (AvgIpc) is 2.40. The number of rotatable bonds is 3. The molecule has 1 N–H and O–H groups in total. The smallest absolute Gasteiger partial charge is 0.159 e. The first kappa shape index (κ1) is 12.3. The van der Waals surface area contributed by atoms with Crippen LogP contribution >= 0.6 is 0 Å². The minimum atomic E-state index is -0.622. The van der Waals surface area contributed by atoms with E-state index in [1.54, 1.807) is 24.3 Å². The Morgan fingerprint density at radius 1 is 1.17 bits per heavy atom. The van der Waals surface area contributed by atoms with Gasteiger partial charge in [0.25, 0.3) is 0 Å². The summed E-state index contributed by atoms with van der Waals surface area (Å²) in [4.78, 5) is 7.68. The van der Waals surface area contributed by atoms with Crippen LogP contribution in [0.15, 0.2) is 42.5 Å². The second kappa shape index (κ2) is 5.46. The first-order valence-electron chi connectivity index (χ1n) is 5.24. The van der Waals surface area contributed by atoms with Crippen molar-refractivity contribution in [2.24, 2.45) is 0 Å².